The molecule has 1 amide bonds. The number of nitrogens with one attached hydrogen (secondary N) is 2. The van der Waals surface area contributed by atoms with E-state index < -0.39 is 16.1 Å². The molecule has 2 aromatic rings. The van der Waals surface area contributed by atoms with Crippen molar-refractivity contribution in [3.05, 3.63) is 64.6 Å². The fourth-order valence-electron chi connectivity index (χ4n) is 3.05. The van der Waals surface area contributed by atoms with Gasteiger partial charge < -0.3 is 10.1 Å². The Kier molecular flexibility index (Phi) is 7.23. The Morgan fingerprint density at radius 1 is 1.14 bits per heavy atom. The lowest BCUT2D eigenvalue weighted by Gasteiger charge is -2.20. The first kappa shape index (κ1) is 21.0. The van der Waals surface area contributed by atoms with Crippen molar-refractivity contribution in [2.45, 2.75) is 36.3 Å². The van der Waals surface area contributed by atoms with Crippen molar-refractivity contribution >= 4 is 31.9 Å². The minimum absolute atomic E-state index is 0.00981. The van der Waals surface area contributed by atoms with Crippen LogP contribution in [0, 0.1) is 0 Å². The van der Waals surface area contributed by atoms with Gasteiger partial charge in [-0.05, 0) is 49.1 Å². The molecule has 0 unspecified atom stereocenters. The summed E-state index contributed by atoms with van der Waals surface area (Å²) in [5.74, 6) is -0.361. The van der Waals surface area contributed by atoms with Crippen molar-refractivity contribution in [3.63, 3.8) is 0 Å². The zero-order chi connectivity index (χ0) is 20.0. The fraction of sp³-hybridized carbons (Fsp3) is 0.350. The second-order valence-corrected chi connectivity index (χ2v) is 9.33. The molecule has 6 nitrogen and oxygen atoms in total. The van der Waals surface area contributed by atoms with Gasteiger partial charge in [-0.3, -0.25) is 4.79 Å². The first-order chi connectivity index (χ1) is 13.4. The zero-order valence-electron chi connectivity index (χ0n) is 15.3. The molecule has 3 rings (SSSR count). The van der Waals surface area contributed by atoms with Gasteiger partial charge in [-0.15, -0.1) is 0 Å². The number of hydrogen-bond acceptors (Lipinski definition) is 4. The second-order valence-electron chi connectivity index (χ2n) is 6.70. The van der Waals surface area contributed by atoms with E-state index in [1.807, 2.05) is 30.3 Å². The number of hydrogen-bond donors (Lipinski definition) is 2. The number of halogens is 1. The lowest BCUT2D eigenvalue weighted by molar-refractivity contribution is -0.123. The SMILES string of the molecule is O=C(NC[C@@H]1CCCO1)[C@@H](Cc1ccccc1)NS(=O)(=O)c1ccc(Br)cc1. The van der Waals surface area contributed by atoms with Crippen molar-refractivity contribution < 1.29 is 17.9 Å². The average Bonchev–Trinajstić information content (AvgIpc) is 3.20. The lowest BCUT2D eigenvalue weighted by Crippen LogP contribution is -2.49. The minimum atomic E-state index is -3.84. The predicted molar refractivity (Wildman–Crippen MR) is 110 cm³/mol. The summed E-state index contributed by atoms with van der Waals surface area (Å²) in [7, 11) is -3.84. The van der Waals surface area contributed by atoms with E-state index in [2.05, 4.69) is 26.0 Å². The van der Waals surface area contributed by atoms with Crippen LogP contribution in [0.4, 0.5) is 0 Å². The molecule has 1 fully saturated rings. The first-order valence-corrected chi connectivity index (χ1v) is 11.4. The van der Waals surface area contributed by atoms with Crippen LogP contribution in [0.25, 0.3) is 0 Å². The van der Waals surface area contributed by atoms with Crippen LogP contribution >= 0.6 is 15.9 Å². The molecule has 8 heteroatoms. The van der Waals surface area contributed by atoms with Crippen molar-refractivity contribution in [1.82, 2.24) is 10.0 Å². The highest BCUT2D eigenvalue weighted by atomic mass is 79.9. The van der Waals surface area contributed by atoms with E-state index >= 15 is 0 Å². The smallest absolute Gasteiger partial charge is 0.241 e. The molecule has 1 aliphatic rings. The Hall–Kier alpha value is -1.74. The summed E-state index contributed by atoms with van der Waals surface area (Å²) in [6.07, 6.45) is 2.12. The van der Waals surface area contributed by atoms with E-state index in [0.29, 0.717) is 13.2 Å². The molecule has 0 bridgehead atoms. The largest absolute Gasteiger partial charge is 0.376 e. The van der Waals surface area contributed by atoms with E-state index in [1.165, 1.54) is 12.1 Å². The van der Waals surface area contributed by atoms with E-state index in [9.17, 15) is 13.2 Å². The Bertz CT molecular complexity index is 882. The Morgan fingerprint density at radius 3 is 2.50 bits per heavy atom. The van der Waals surface area contributed by atoms with Crippen molar-refractivity contribution in [2.24, 2.45) is 0 Å². The van der Waals surface area contributed by atoms with E-state index in [1.54, 1.807) is 12.1 Å². The van der Waals surface area contributed by atoms with Crippen LogP contribution in [0.15, 0.2) is 64.0 Å². The molecule has 1 heterocycles. The third kappa shape index (κ3) is 5.88. The Labute approximate surface area is 173 Å². The molecule has 0 radical (unpaired) electrons. The molecule has 2 aromatic carbocycles. The zero-order valence-corrected chi connectivity index (χ0v) is 17.7. The quantitative estimate of drug-likeness (QED) is 0.626. The molecule has 0 spiro atoms. The van der Waals surface area contributed by atoms with Crippen molar-refractivity contribution in [1.29, 1.82) is 0 Å². The summed E-state index contributed by atoms with van der Waals surface area (Å²) in [6, 6.07) is 14.7. The molecule has 1 saturated heterocycles. The molecule has 0 saturated carbocycles. The van der Waals surface area contributed by atoms with Gasteiger partial charge >= 0.3 is 0 Å². The molecule has 0 aliphatic carbocycles. The summed E-state index contributed by atoms with van der Waals surface area (Å²) < 4.78 is 34.4. The maximum Gasteiger partial charge on any atom is 0.241 e. The summed E-state index contributed by atoms with van der Waals surface area (Å²) in [6.45, 7) is 1.08. The average molecular weight is 467 g/mol. The van der Waals surface area contributed by atoms with Gasteiger partial charge in [0.25, 0.3) is 0 Å². The summed E-state index contributed by atoms with van der Waals surface area (Å²) in [4.78, 5) is 12.9. The third-order valence-electron chi connectivity index (χ3n) is 4.55. The molecular formula is C20H23BrN2O4S. The summed E-state index contributed by atoms with van der Waals surface area (Å²) in [5.41, 5.74) is 0.873. The van der Waals surface area contributed by atoms with Gasteiger partial charge in [-0.2, -0.15) is 4.72 Å². The predicted octanol–water partition coefficient (Wildman–Crippen LogP) is 2.63. The first-order valence-electron chi connectivity index (χ1n) is 9.15. The Morgan fingerprint density at radius 2 is 1.86 bits per heavy atom. The van der Waals surface area contributed by atoms with E-state index in [-0.39, 0.29) is 23.3 Å². The van der Waals surface area contributed by atoms with Crippen molar-refractivity contribution in [3.8, 4) is 0 Å². The van der Waals surface area contributed by atoms with Crippen LogP contribution in [0.5, 0.6) is 0 Å². The van der Waals surface area contributed by atoms with Crippen LogP contribution in [-0.2, 0) is 26.0 Å². The highest BCUT2D eigenvalue weighted by Gasteiger charge is 2.27. The highest BCUT2D eigenvalue weighted by molar-refractivity contribution is 9.10. The fourth-order valence-corrected chi connectivity index (χ4v) is 4.51. The van der Waals surface area contributed by atoms with Crippen LogP contribution in [-0.4, -0.2) is 39.6 Å². The summed E-state index contributed by atoms with van der Waals surface area (Å²) >= 11 is 3.29. The number of carbonyl (C=O) groups excluding carboxylic acids is 1. The van der Waals surface area contributed by atoms with Gasteiger partial charge in [0.05, 0.1) is 11.0 Å². The Balaban J connectivity index is 1.74. The van der Waals surface area contributed by atoms with E-state index in [4.69, 9.17) is 4.74 Å². The minimum Gasteiger partial charge on any atom is -0.376 e. The number of benzene rings is 2. The topological polar surface area (TPSA) is 84.5 Å². The molecule has 2 atom stereocenters. The molecular weight excluding hydrogens is 444 g/mol. The molecule has 2 N–H and O–H groups in total. The van der Waals surface area contributed by atoms with Crippen LogP contribution in [0.2, 0.25) is 0 Å². The summed E-state index contributed by atoms with van der Waals surface area (Å²) in [5, 5.41) is 2.83. The van der Waals surface area contributed by atoms with E-state index in [0.717, 1.165) is 22.9 Å². The van der Waals surface area contributed by atoms with Gasteiger partial charge in [0.15, 0.2) is 0 Å². The monoisotopic (exact) mass is 466 g/mol. The van der Waals surface area contributed by atoms with Gasteiger partial charge in [0.2, 0.25) is 15.9 Å². The van der Waals surface area contributed by atoms with Gasteiger partial charge in [0, 0.05) is 17.6 Å². The third-order valence-corrected chi connectivity index (χ3v) is 6.56. The van der Waals surface area contributed by atoms with Crippen molar-refractivity contribution in [2.75, 3.05) is 13.2 Å². The number of sulfonamides is 1. The second kappa shape index (κ2) is 9.65. The maximum atomic E-state index is 12.8. The van der Waals surface area contributed by atoms with Gasteiger partial charge in [0.1, 0.15) is 6.04 Å². The number of carbonyl (C=O) groups is 1. The number of rotatable bonds is 8. The lowest BCUT2D eigenvalue weighted by atomic mass is 10.1. The number of ether oxygens (including phenoxy) is 1. The van der Waals surface area contributed by atoms with Gasteiger partial charge in [-0.25, -0.2) is 8.42 Å². The van der Waals surface area contributed by atoms with Gasteiger partial charge in [-0.1, -0.05) is 46.3 Å². The molecule has 150 valence electrons. The maximum absolute atomic E-state index is 12.8. The van der Waals surface area contributed by atoms with Crippen LogP contribution in [0.3, 0.4) is 0 Å². The standard InChI is InChI=1S/C20H23BrN2O4S/c21-16-8-10-18(11-9-16)28(25,26)23-19(13-15-5-2-1-3-6-15)20(24)22-14-17-7-4-12-27-17/h1-3,5-6,8-11,17,19,23H,4,7,12-14H2,(H,22,24)/t17-,19+/m0/s1. The van der Waals surface area contributed by atoms with Crippen LogP contribution < -0.4 is 10.0 Å². The molecule has 0 aromatic heterocycles. The molecule has 1 aliphatic heterocycles. The highest BCUT2D eigenvalue weighted by Crippen LogP contribution is 2.16. The molecule has 28 heavy (non-hydrogen) atoms. The number of amides is 1. The normalized spacial score (nSPS) is 18.0. The van der Waals surface area contributed by atoms with Crippen LogP contribution in [0.1, 0.15) is 18.4 Å².